The second kappa shape index (κ2) is 9.72. The molecule has 5 heteroatoms. The first-order valence-electron chi connectivity index (χ1n) is 9.00. The first-order chi connectivity index (χ1) is 14.0. The zero-order chi connectivity index (χ0) is 20.6. The Hall–Kier alpha value is -3.36. The van der Waals surface area contributed by atoms with Crippen LogP contribution < -0.4 is 10.1 Å². The SMILES string of the molecule is Cc1cccc(NC(=O)/C(C#N)=C\c2cccc(OCc3ccc(Br)cc3)c2)c1. The molecule has 3 aromatic carbocycles. The van der Waals surface area contributed by atoms with E-state index in [0.29, 0.717) is 23.6 Å². The lowest BCUT2D eigenvalue weighted by Crippen LogP contribution is -2.13. The van der Waals surface area contributed by atoms with E-state index in [2.05, 4.69) is 21.2 Å². The third-order valence-corrected chi connectivity index (χ3v) is 4.66. The Morgan fingerprint density at radius 2 is 1.86 bits per heavy atom. The van der Waals surface area contributed by atoms with Crippen molar-refractivity contribution >= 4 is 33.6 Å². The summed E-state index contributed by atoms with van der Waals surface area (Å²) in [4.78, 5) is 12.4. The van der Waals surface area contributed by atoms with Gasteiger partial charge in [-0.3, -0.25) is 4.79 Å². The number of carbonyl (C=O) groups excluding carboxylic acids is 1. The lowest BCUT2D eigenvalue weighted by molar-refractivity contribution is -0.112. The van der Waals surface area contributed by atoms with Gasteiger partial charge in [0.15, 0.2) is 0 Å². The van der Waals surface area contributed by atoms with E-state index in [9.17, 15) is 10.1 Å². The van der Waals surface area contributed by atoms with Gasteiger partial charge in [-0.15, -0.1) is 0 Å². The lowest BCUT2D eigenvalue weighted by Gasteiger charge is -2.08. The van der Waals surface area contributed by atoms with Gasteiger partial charge < -0.3 is 10.1 Å². The minimum Gasteiger partial charge on any atom is -0.489 e. The maximum atomic E-state index is 12.4. The molecule has 0 radical (unpaired) electrons. The third kappa shape index (κ3) is 6.06. The van der Waals surface area contributed by atoms with Gasteiger partial charge in [0.2, 0.25) is 0 Å². The van der Waals surface area contributed by atoms with Crippen LogP contribution in [0.3, 0.4) is 0 Å². The van der Waals surface area contributed by atoms with Gasteiger partial charge in [0.25, 0.3) is 5.91 Å². The first kappa shape index (κ1) is 20.4. The number of nitrogens with one attached hydrogen (secondary N) is 1. The Morgan fingerprint density at radius 3 is 2.59 bits per heavy atom. The van der Waals surface area contributed by atoms with Crippen LogP contribution in [0.25, 0.3) is 6.08 Å². The maximum Gasteiger partial charge on any atom is 0.266 e. The van der Waals surface area contributed by atoms with Crippen molar-refractivity contribution < 1.29 is 9.53 Å². The number of benzene rings is 3. The molecule has 0 fully saturated rings. The van der Waals surface area contributed by atoms with Gasteiger partial charge in [0.05, 0.1) is 0 Å². The quantitative estimate of drug-likeness (QED) is 0.379. The van der Waals surface area contributed by atoms with Crippen molar-refractivity contribution in [3.63, 3.8) is 0 Å². The van der Waals surface area contributed by atoms with Crippen LogP contribution in [0.15, 0.2) is 82.8 Å². The van der Waals surface area contributed by atoms with Gasteiger partial charge >= 0.3 is 0 Å². The number of hydrogen-bond donors (Lipinski definition) is 1. The van der Waals surface area contributed by atoms with Crippen molar-refractivity contribution in [2.24, 2.45) is 0 Å². The van der Waals surface area contributed by atoms with Crippen molar-refractivity contribution in [2.45, 2.75) is 13.5 Å². The van der Waals surface area contributed by atoms with Crippen LogP contribution in [0.5, 0.6) is 5.75 Å². The number of halogens is 1. The summed E-state index contributed by atoms with van der Waals surface area (Å²) >= 11 is 3.41. The number of aryl methyl sites for hydroxylation is 1. The summed E-state index contributed by atoms with van der Waals surface area (Å²) in [5.74, 6) is 0.220. The number of amides is 1. The lowest BCUT2D eigenvalue weighted by atomic mass is 10.1. The van der Waals surface area contributed by atoms with E-state index < -0.39 is 5.91 Å². The van der Waals surface area contributed by atoms with Crippen LogP contribution >= 0.6 is 15.9 Å². The predicted molar refractivity (Wildman–Crippen MR) is 118 cm³/mol. The van der Waals surface area contributed by atoms with Gasteiger partial charge in [-0.25, -0.2) is 0 Å². The fourth-order valence-corrected chi connectivity index (χ4v) is 2.94. The van der Waals surface area contributed by atoms with E-state index in [1.807, 2.05) is 73.7 Å². The van der Waals surface area contributed by atoms with Crippen LogP contribution in [0.4, 0.5) is 5.69 Å². The highest BCUT2D eigenvalue weighted by atomic mass is 79.9. The van der Waals surface area contributed by atoms with Gasteiger partial charge in [-0.05, 0) is 66.1 Å². The molecule has 3 rings (SSSR count). The highest BCUT2D eigenvalue weighted by molar-refractivity contribution is 9.10. The van der Waals surface area contributed by atoms with Crippen LogP contribution in [-0.4, -0.2) is 5.91 Å². The van der Waals surface area contributed by atoms with Gasteiger partial charge in [-0.1, -0.05) is 52.3 Å². The molecule has 0 atom stereocenters. The first-order valence-corrected chi connectivity index (χ1v) is 9.80. The summed E-state index contributed by atoms with van der Waals surface area (Å²) < 4.78 is 6.84. The molecular weight excluding hydrogens is 428 g/mol. The highest BCUT2D eigenvalue weighted by Gasteiger charge is 2.10. The molecule has 29 heavy (non-hydrogen) atoms. The average Bonchev–Trinajstić information content (AvgIpc) is 2.72. The van der Waals surface area contributed by atoms with Gasteiger partial charge in [-0.2, -0.15) is 5.26 Å². The summed E-state index contributed by atoms with van der Waals surface area (Å²) in [6, 6.07) is 24.6. The van der Waals surface area contributed by atoms with E-state index in [1.165, 1.54) is 0 Å². The average molecular weight is 447 g/mol. The van der Waals surface area contributed by atoms with E-state index >= 15 is 0 Å². The highest BCUT2D eigenvalue weighted by Crippen LogP contribution is 2.19. The zero-order valence-electron chi connectivity index (χ0n) is 15.9. The zero-order valence-corrected chi connectivity index (χ0v) is 17.4. The number of nitriles is 1. The summed E-state index contributed by atoms with van der Waals surface area (Å²) in [7, 11) is 0. The Balaban J connectivity index is 1.70. The van der Waals surface area contributed by atoms with Crippen LogP contribution in [0.1, 0.15) is 16.7 Å². The number of anilines is 1. The molecule has 0 saturated carbocycles. The molecule has 1 N–H and O–H groups in total. The molecule has 0 saturated heterocycles. The standard InChI is InChI=1S/C24H19BrN2O2/c1-17-4-2-6-22(12-17)27-24(28)20(15-26)13-19-5-3-7-23(14-19)29-16-18-8-10-21(25)11-9-18/h2-14H,16H2,1H3,(H,27,28)/b20-13-. The third-order valence-electron chi connectivity index (χ3n) is 4.13. The topological polar surface area (TPSA) is 62.1 Å². The smallest absolute Gasteiger partial charge is 0.266 e. The van der Waals surface area contributed by atoms with Crippen molar-refractivity contribution in [2.75, 3.05) is 5.32 Å². The summed E-state index contributed by atoms with van der Waals surface area (Å²) in [6.07, 6.45) is 1.55. The second-order valence-electron chi connectivity index (χ2n) is 6.48. The number of ether oxygens (including phenoxy) is 1. The molecule has 0 bridgehead atoms. The fraction of sp³-hybridized carbons (Fsp3) is 0.0833. The Kier molecular flexibility index (Phi) is 6.83. The molecule has 1 amide bonds. The van der Waals surface area contributed by atoms with Crippen molar-refractivity contribution in [3.8, 4) is 11.8 Å². The van der Waals surface area contributed by atoms with Crippen molar-refractivity contribution in [3.05, 3.63) is 99.5 Å². The largest absolute Gasteiger partial charge is 0.489 e. The van der Waals surface area contributed by atoms with Crippen molar-refractivity contribution in [1.82, 2.24) is 0 Å². The maximum absolute atomic E-state index is 12.4. The minimum absolute atomic E-state index is 0.0246. The Morgan fingerprint density at radius 1 is 1.10 bits per heavy atom. The number of rotatable bonds is 6. The van der Waals surface area contributed by atoms with Crippen LogP contribution in [-0.2, 0) is 11.4 Å². The number of nitrogens with zero attached hydrogens (tertiary/aromatic N) is 1. The van der Waals surface area contributed by atoms with Crippen LogP contribution in [0, 0.1) is 18.3 Å². The van der Waals surface area contributed by atoms with E-state index in [0.717, 1.165) is 15.6 Å². The number of hydrogen-bond acceptors (Lipinski definition) is 3. The molecule has 144 valence electrons. The van der Waals surface area contributed by atoms with E-state index in [-0.39, 0.29) is 5.57 Å². The van der Waals surface area contributed by atoms with Gasteiger partial charge in [0, 0.05) is 10.2 Å². The van der Waals surface area contributed by atoms with Gasteiger partial charge in [0.1, 0.15) is 24.0 Å². The molecule has 0 aliphatic carbocycles. The molecular formula is C24H19BrN2O2. The molecule has 0 aromatic heterocycles. The molecule has 0 aliphatic rings. The minimum atomic E-state index is -0.445. The molecule has 0 heterocycles. The molecule has 0 aliphatic heterocycles. The van der Waals surface area contributed by atoms with Crippen molar-refractivity contribution in [1.29, 1.82) is 5.26 Å². The Bertz CT molecular complexity index is 1080. The Labute approximate surface area is 178 Å². The second-order valence-corrected chi connectivity index (χ2v) is 7.40. The molecule has 0 unspecified atom stereocenters. The normalized spacial score (nSPS) is 10.9. The van der Waals surface area contributed by atoms with E-state index in [4.69, 9.17) is 4.74 Å². The molecule has 4 nitrogen and oxygen atoms in total. The molecule has 0 spiro atoms. The van der Waals surface area contributed by atoms with Crippen LogP contribution in [0.2, 0.25) is 0 Å². The summed E-state index contributed by atoms with van der Waals surface area (Å²) in [6.45, 7) is 2.37. The summed E-state index contributed by atoms with van der Waals surface area (Å²) in [5.41, 5.74) is 3.47. The number of carbonyl (C=O) groups is 1. The fourth-order valence-electron chi connectivity index (χ4n) is 2.68. The molecule has 3 aromatic rings. The summed E-state index contributed by atoms with van der Waals surface area (Å²) in [5, 5.41) is 12.2. The predicted octanol–water partition coefficient (Wildman–Crippen LogP) is 5.88. The monoisotopic (exact) mass is 446 g/mol. The van der Waals surface area contributed by atoms with E-state index in [1.54, 1.807) is 18.2 Å².